The van der Waals surface area contributed by atoms with Crippen molar-refractivity contribution in [2.75, 3.05) is 37.0 Å². The van der Waals surface area contributed by atoms with Gasteiger partial charge in [-0.15, -0.1) is 0 Å². The lowest BCUT2D eigenvalue weighted by Crippen LogP contribution is -2.28. The molecule has 2 aromatic carbocycles. The molecule has 0 atom stereocenters. The van der Waals surface area contributed by atoms with Gasteiger partial charge in [0, 0.05) is 43.0 Å². The molecule has 2 aliphatic heterocycles. The summed E-state index contributed by atoms with van der Waals surface area (Å²) in [5, 5.41) is 2.80. The summed E-state index contributed by atoms with van der Waals surface area (Å²) in [5.74, 6) is -0.168. The van der Waals surface area contributed by atoms with Crippen molar-refractivity contribution in [1.82, 2.24) is 4.31 Å². The molecule has 0 unspecified atom stereocenters. The topological polar surface area (TPSA) is 96.0 Å². The van der Waals surface area contributed by atoms with Gasteiger partial charge in [0.1, 0.15) is 10.6 Å². The van der Waals surface area contributed by atoms with E-state index in [0.29, 0.717) is 31.7 Å². The number of anilines is 2. The van der Waals surface area contributed by atoms with E-state index in [1.165, 1.54) is 29.6 Å². The first kappa shape index (κ1) is 21.3. The number of methoxy groups -OCH3 is 1. The van der Waals surface area contributed by atoms with Crippen molar-refractivity contribution < 1.29 is 22.7 Å². The Morgan fingerprint density at radius 3 is 2.48 bits per heavy atom. The Labute approximate surface area is 181 Å². The lowest BCUT2D eigenvalue weighted by atomic mass is 10.2. The van der Waals surface area contributed by atoms with Gasteiger partial charge in [-0.3, -0.25) is 9.59 Å². The lowest BCUT2D eigenvalue weighted by Gasteiger charge is -2.18. The third-order valence-electron chi connectivity index (χ3n) is 5.60. The van der Waals surface area contributed by atoms with Crippen molar-refractivity contribution in [2.45, 2.75) is 30.6 Å². The zero-order valence-corrected chi connectivity index (χ0v) is 18.2. The van der Waals surface area contributed by atoms with Crippen molar-refractivity contribution >= 4 is 33.2 Å². The van der Waals surface area contributed by atoms with Crippen LogP contribution >= 0.6 is 0 Å². The van der Waals surface area contributed by atoms with Crippen LogP contribution in [0, 0.1) is 0 Å². The predicted octanol–water partition coefficient (Wildman–Crippen LogP) is 2.86. The van der Waals surface area contributed by atoms with Gasteiger partial charge in [-0.1, -0.05) is 6.07 Å². The molecular weight excluding hydrogens is 418 g/mol. The Hall–Kier alpha value is -2.91. The maximum Gasteiger partial charge on any atom is 0.255 e. The molecule has 2 fully saturated rings. The van der Waals surface area contributed by atoms with E-state index in [0.717, 1.165) is 24.9 Å². The highest BCUT2D eigenvalue weighted by Crippen LogP contribution is 2.30. The van der Waals surface area contributed by atoms with Gasteiger partial charge in [0.15, 0.2) is 0 Å². The number of benzene rings is 2. The van der Waals surface area contributed by atoms with Crippen LogP contribution in [0.25, 0.3) is 0 Å². The Kier molecular flexibility index (Phi) is 5.97. The van der Waals surface area contributed by atoms with Crippen molar-refractivity contribution in [3.05, 3.63) is 48.0 Å². The molecular formula is C22H25N3O5S. The third kappa shape index (κ3) is 4.28. The number of sulfonamides is 1. The van der Waals surface area contributed by atoms with E-state index in [2.05, 4.69) is 5.32 Å². The maximum absolute atomic E-state index is 13.0. The van der Waals surface area contributed by atoms with Crippen LogP contribution in [-0.2, 0) is 14.8 Å². The molecule has 2 heterocycles. The molecule has 2 aliphatic rings. The van der Waals surface area contributed by atoms with Gasteiger partial charge in [-0.2, -0.15) is 4.31 Å². The highest BCUT2D eigenvalue weighted by Gasteiger charge is 2.30. The third-order valence-corrected chi connectivity index (χ3v) is 7.52. The number of amides is 2. The number of ether oxygens (including phenoxy) is 1. The summed E-state index contributed by atoms with van der Waals surface area (Å²) in [6.45, 7) is 1.58. The zero-order valence-electron chi connectivity index (χ0n) is 17.3. The largest absolute Gasteiger partial charge is 0.495 e. The highest BCUT2D eigenvalue weighted by molar-refractivity contribution is 7.89. The smallest absolute Gasteiger partial charge is 0.255 e. The van der Waals surface area contributed by atoms with Gasteiger partial charge in [-0.25, -0.2) is 8.42 Å². The van der Waals surface area contributed by atoms with Crippen LogP contribution < -0.4 is 15.0 Å². The molecule has 31 heavy (non-hydrogen) atoms. The number of nitrogens with zero attached hydrogens (tertiary/aromatic N) is 2. The van der Waals surface area contributed by atoms with Crippen molar-refractivity contribution in [2.24, 2.45) is 0 Å². The second-order valence-electron chi connectivity index (χ2n) is 7.63. The molecule has 2 aromatic rings. The van der Waals surface area contributed by atoms with E-state index < -0.39 is 15.9 Å². The van der Waals surface area contributed by atoms with Gasteiger partial charge in [0.25, 0.3) is 5.91 Å². The van der Waals surface area contributed by atoms with Crippen molar-refractivity contribution in [3.8, 4) is 5.75 Å². The average Bonchev–Trinajstić information content (AvgIpc) is 3.46. The SMILES string of the molecule is COc1ccc(C(=O)Nc2cccc(N3CCCC3=O)c2)cc1S(=O)(=O)N1CCCC1. The summed E-state index contributed by atoms with van der Waals surface area (Å²) in [4.78, 5) is 26.6. The van der Waals surface area contributed by atoms with E-state index >= 15 is 0 Å². The number of carbonyl (C=O) groups is 2. The Bertz CT molecular complexity index is 1110. The molecule has 0 bridgehead atoms. The summed E-state index contributed by atoms with van der Waals surface area (Å²) >= 11 is 0. The number of hydrogen-bond acceptors (Lipinski definition) is 5. The monoisotopic (exact) mass is 443 g/mol. The first-order chi connectivity index (χ1) is 14.9. The summed E-state index contributed by atoms with van der Waals surface area (Å²) in [5.41, 5.74) is 1.47. The van der Waals surface area contributed by atoms with Crippen LogP contribution in [0.1, 0.15) is 36.0 Å². The first-order valence-electron chi connectivity index (χ1n) is 10.3. The van der Waals surface area contributed by atoms with Crippen LogP contribution in [0.4, 0.5) is 11.4 Å². The molecule has 0 saturated carbocycles. The fourth-order valence-corrected chi connectivity index (χ4v) is 5.66. The quantitative estimate of drug-likeness (QED) is 0.741. The Morgan fingerprint density at radius 1 is 1.03 bits per heavy atom. The number of rotatable bonds is 6. The van der Waals surface area contributed by atoms with Crippen LogP contribution in [0.2, 0.25) is 0 Å². The zero-order chi connectivity index (χ0) is 22.0. The Morgan fingerprint density at radius 2 is 1.81 bits per heavy atom. The molecule has 0 aromatic heterocycles. The molecule has 0 radical (unpaired) electrons. The van der Waals surface area contributed by atoms with Gasteiger partial charge < -0.3 is 15.0 Å². The van der Waals surface area contributed by atoms with E-state index in [1.54, 1.807) is 23.1 Å². The molecule has 9 heteroatoms. The van der Waals surface area contributed by atoms with Crippen LogP contribution in [0.15, 0.2) is 47.4 Å². The molecule has 0 spiro atoms. The second kappa shape index (κ2) is 8.68. The molecule has 0 aliphatic carbocycles. The number of hydrogen-bond donors (Lipinski definition) is 1. The normalized spacial score (nSPS) is 17.2. The molecule has 2 amide bonds. The summed E-state index contributed by atoms with van der Waals surface area (Å²) in [6, 6.07) is 11.5. The van der Waals surface area contributed by atoms with Crippen LogP contribution in [0.5, 0.6) is 5.75 Å². The van der Waals surface area contributed by atoms with E-state index in [9.17, 15) is 18.0 Å². The highest BCUT2D eigenvalue weighted by atomic mass is 32.2. The average molecular weight is 444 g/mol. The van der Waals surface area contributed by atoms with Crippen molar-refractivity contribution in [3.63, 3.8) is 0 Å². The minimum atomic E-state index is -3.75. The summed E-state index contributed by atoms with van der Waals surface area (Å²) in [7, 11) is -2.34. The minimum absolute atomic E-state index is 0.0130. The van der Waals surface area contributed by atoms with E-state index in [1.807, 2.05) is 6.07 Å². The summed E-state index contributed by atoms with van der Waals surface area (Å²) < 4.78 is 32.8. The molecule has 2 saturated heterocycles. The number of carbonyl (C=O) groups excluding carboxylic acids is 2. The standard InChI is InChI=1S/C22H25N3O5S/c1-30-19-10-9-16(14-20(19)31(28,29)24-11-2-3-12-24)22(27)23-17-6-4-7-18(15-17)25-13-5-8-21(25)26/h4,6-7,9-10,14-15H,2-3,5,8,11-13H2,1H3,(H,23,27). The summed E-state index contributed by atoms with van der Waals surface area (Å²) in [6.07, 6.45) is 2.97. The fraction of sp³-hybridized carbons (Fsp3) is 0.364. The predicted molar refractivity (Wildman–Crippen MR) is 117 cm³/mol. The van der Waals surface area contributed by atoms with Crippen molar-refractivity contribution in [1.29, 1.82) is 0 Å². The second-order valence-corrected chi connectivity index (χ2v) is 9.54. The van der Waals surface area contributed by atoms with E-state index in [4.69, 9.17) is 4.74 Å². The van der Waals surface area contributed by atoms with Crippen LogP contribution in [-0.4, -0.2) is 51.3 Å². The van der Waals surface area contributed by atoms with E-state index in [-0.39, 0.29) is 22.1 Å². The molecule has 4 rings (SSSR count). The first-order valence-corrected chi connectivity index (χ1v) is 11.7. The Balaban J connectivity index is 1.59. The number of nitrogens with one attached hydrogen (secondary N) is 1. The van der Waals surface area contributed by atoms with Gasteiger partial charge in [0.05, 0.1) is 7.11 Å². The molecule has 8 nitrogen and oxygen atoms in total. The maximum atomic E-state index is 13.0. The van der Waals surface area contributed by atoms with Gasteiger partial charge in [0.2, 0.25) is 15.9 Å². The van der Waals surface area contributed by atoms with Gasteiger partial charge in [-0.05, 0) is 55.7 Å². The lowest BCUT2D eigenvalue weighted by molar-refractivity contribution is -0.117. The minimum Gasteiger partial charge on any atom is -0.495 e. The van der Waals surface area contributed by atoms with Gasteiger partial charge >= 0.3 is 0 Å². The molecule has 164 valence electrons. The fourth-order valence-electron chi connectivity index (χ4n) is 3.96. The molecule has 1 N–H and O–H groups in total. The van der Waals surface area contributed by atoms with Crippen LogP contribution in [0.3, 0.4) is 0 Å².